The molecule has 2 N–H and O–H groups in total. The van der Waals surface area contributed by atoms with Crippen molar-refractivity contribution < 1.29 is 9.90 Å². The van der Waals surface area contributed by atoms with Crippen LogP contribution >= 0.6 is 11.3 Å². The summed E-state index contributed by atoms with van der Waals surface area (Å²) in [4.78, 5) is 12.2. The number of carboxylic acid groups (broad SMARTS) is 1. The molecule has 3 nitrogen and oxygen atoms in total. The molecule has 1 fully saturated rings. The first-order valence-electron chi connectivity index (χ1n) is 5.12. The van der Waals surface area contributed by atoms with Crippen molar-refractivity contribution in [3.05, 3.63) is 21.9 Å². The number of thiophene rings is 1. The van der Waals surface area contributed by atoms with E-state index in [2.05, 4.69) is 12.2 Å². The van der Waals surface area contributed by atoms with Gasteiger partial charge in [0.1, 0.15) is 4.88 Å². The van der Waals surface area contributed by atoms with Crippen LogP contribution in [0.1, 0.15) is 34.3 Å². The Labute approximate surface area is 93.1 Å². The van der Waals surface area contributed by atoms with E-state index >= 15 is 0 Å². The molecular weight excluding hydrogens is 210 g/mol. The van der Waals surface area contributed by atoms with E-state index in [9.17, 15) is 4.79 Å². The summed E-state index contributed by atoms with van der Waals surface area (Å²) < 4.78 is 0. The van der Waals surface area contributed by atoms with Crippen LogP contribution < -0.4 is 5.32 Å². The van der Waals surface area contributed by atoms with Gasteiger partial charge in [0.15, 0.2) is 0 Å². The van der Waals surface area contributed by atoms with Gasteiger partial charge in [-0.2, -0.15) is 0 Å². The van der Waals surface area contributed by atoms with E-state index < -0.39 is 5.97 Å². The van der Waals surface area contributed by atoms with Gasteiger partial charge in [0.2, 0.25) is 0 Å². The third-order valence-corrected chi connectivity index (χ3v) is 3.90. The number of rotatable bonds is 5. The summed E-state index contributed by atoms with van der Waals surface area (Å²) in [5.74, 6) is -0.833. The Bertz CT molecular complexity index is 368. The molecule has 0 radical (unpaired) electrons. The largest absolute Gasteiger partial charge is 0.477 e. The first kappa shape index (κ1) is 10.6. The van der Waals surface area contributed by atoms with Gasteiger partial charge in [-0.15, -0.1) is 11.3 Å². The molecule has 1 aliphatic carbocycles. The second-order valence-corrected chi connectivity index (χ2v) is 5.65. The van der Waals surface area contributed by atoms with Crippen LogP contribution in [0.15, 0.2) is 12.1 Å². The lowest BCUT2D eigenvalue weighted by Crippen LogP contribution is -2.20. The van der Waals surface area contributed by atoms with Crippen LogP contribution in [0.4, 0.5) is 0 Å². The predicted octanol–water partition coefficient (Wildman–Crippen LogP) is 2.34. The Morgan fingerprint density at radius 3 is 2.87 bits per heavy atom. The Balaban J connectivity index is 1.80. The van der Waals surface area contributed by atoms with Crippen molar-refractivity contribution >= 4 is 17.3 Å². The van der Waals surface area contributed by atoms with Crippen LogP contribution in [0.5, 0.6) is 0 Å². The zero-order chi connectivity index (χ0) is 10.9. The van der Waals surface area contributed by atoms with Crippen molar-refractivity contribution in [3.8, 4) is 0 Å². The predicted molar refractivity (Wildman–Crippen MR) is 60.3 cm³/mol. The third-order valence-electron chi connectivity index (χ3n) is 2.83. The van der Waals surface area contributed by atoms with Crippen LogP contribution in [-0.2, 0) is 6.54 Å². The summed E-state index contributed by atoms with van der Waals surface area (Å²) >= 11 is 1.35. The quantitative estimate of drug-likeness (QED) is 0.808. The maximum Gasteiger partial charge on any atom is 0.345 e. The van der Waals surface area contributed by atoms with Crippen LogP contribution in [0, 0.1) is 5.41 Å². The van der Waals surface area contributed by atoms with E-state index in [0.717, 1.165) is 18.0 Å². The van der Waals surface area contributed by atoms with Gasteiger partial charge in [0.05, 0.1) is 0 Å². The smallest absolute Gasteiger partial charge is 0.345 e. The number of hydrogen-bond donors (Lipinski definition) is 2. The molecular formula is C11H15NO2S. The molecule has 0 aromatic carbocycles. The number of nitrogens with one attached hydrogen (secondary N) is 1. The third kappa shape index (κ3) is 2.79. The number of carbonyl (C=O) groups is 1. The van der Waals surface area contributed by atoms with Crippen molar-refractivity contribution in [2.45, 2.75) is 26.3 Å². The second-order valence-electron chi connectivity index (χ2n) is 4.49. The SMILES string of the molecule is CC1(CNCc2ccc(C(=O)O)s2)CC1. The number of hydrogen-bond acceptors (Lipinski definition) is 3. The van der Waals surface area contributed by atoms with E-state index in [1.165, 1.54) is 24.2 Å². The second kappa shape index (κ2) is 3.94. The standard InChI is InChI=1S/C11H15NO2S/c1-11(4-5-11)7-12-6-8-2-3-9(15-8)10(13)14/h2-3,12H,4-7H2,1H3,(H,13,14). The lowest BCUT2D eigenvalue weighted by molar-refractivity contribution is 0.0702. The highest BCUT2D eigenvalue weighted by Crippen LogP contribution is 2.44. The fourth-order valence-corrected chi connectivity index (χ4v) is 2.28. The van der Waals surface area contributed by atoms with Gasteiger partial charge in [-0.05, 0) is 30.4 Å². The average molecular weight is 225 g/mol. The highest BCUT2D eigenvalue weighted by Gasteiger charge is 2.36. The van der Waals surface area contributed by atoms with Crippen LogP contribution in [0.25, 0.3) is 0 Å². The molecule has 1 saturated carbocycles. The lowest BCUT2D eigenvalue weighted by Gasteiger charge is -2.08. The van der Waals surface area contributed by atoms with Crippen molar-refractivity contribution in [1.82, 2.24) is 5.32 Å². The van der Waals surface area contributed by atoms with Gasteiger partial charge >= 0.3 is 5.97 Å². The first-order valence-corrected chi connectivity index (χ1v) is 5.93. The van der Waals surface area contributed by atoms with Gasteiger partial charge < -0.3 is 10.4 Å². The van der Waals surface area contributed by atoms with Crippen LogP contribution in [-0.4, -0.2) is 17.6 Å². The zero-order valence-electron chi connectivity index (χ0n) is 8.75. The van der Waals surface area contributed by atoms with E-state index in [1.807, 2.05) is 6.07 Å². The van der Waals surface area contributed by atoms with Gasteiger partial charge in [-0.25, -0.2) is 4.79 Å². The van der Waals surface area contributed by atoms with Crippen LogP contribution in [0.3, 0.4) is 0 Å². The van der Waals surface area contributed by atoms with E-state index in [1.54, 1.807) is 6.07 Å². The Hall–Kier alpha value is -0.870. The van der Waals surface area contributed by atoms with Gasteiger partial charge in [0.25, 0.3) is 0 Å². The van der Waals surface area contributed by atoms with E-state index in [4.69, 9.17) is 5.11 Å². The van der Waals surface area contributed by atoms with Crippen molar-refractivity contribution in [3.63, 3.8) is 0 Å². The summed E-state index contributed by atoms with van der Waals surface area (Å²) in [7, 11) is 0. The van der Waals surface area contributed by atoms with Crippen molar-refractivity contribution in [1.29, 1.82) is 0 Å². The van der Waals surface area contributed by atoms with Crippen molar-refractivity contribution in [2.24, 2.45) is 5.41 Å². The molecule has 0 unspecified atom stereocenters. The molecule has 0 saturated heterocycles. The van der Waals surface area contributed by atoms with Crippen molar-refractivity contribution in [2.75, 3.05) is 6.54 Å². The van der Waals surface area contributed by atoms with Crippen LogP contribution in [0.2, 0.25) is 0 Å². The highest BCUT2D eigenvalue weighted by molar-refractivity contribution is 7.13. The molecule has 0 atom stereocenters. The zero-order valence-corrected chi connectivity index (χ0v) is 9.56. The minimum atomic E-state index is -0.833. The minimum absolute atomic E-state index is 0.421. The minimum Gasteiger partial charge on any atom is -0.477 e. The highest BCUT2D eigenvalue weighted by atomic mass is 32.1. The molecule has 1 heterocycles. The number of carboxylic acids is 1. The van der Waals surface area contributed by atoms with Gasteiger partial charge in [-0.1, -0.05) is 6.92 Å². The van der Waals surface area contributed by atoms with E-state index in [-0.39, 0.29) is 0 Å². The Morgan fingerprint density at radius 2 is 2.33 bits per heavy atom. The maximum absolute atomic E-state index is 10.6. The maximum atomic E-state index is 10.6. The fraction of sp³-hybridized carbons (Fsp3) is 0.545. The molecule has 1 aliphatic rings. The molecule has 2 rings (SSSR count). The summed E-state index contributed by atoms with van der Waals surface area (Å²) in [6, 6.07) is 3.55. The molecule has 82 valence electrons. The monoisotopic (exact) mass is 225 g/mol. The molecule has 0 aliphatic heterocycles. The molecule has 0 amide bonds. The average Bonchev–Trinajstić information content (AvgIpc) is 2.74. The molecule has 1 aromatic heterocycles. The summed E-state index contributed by atoms with van der Waals surface area (Å²) in [5, 5.41) is 12.1. The fourth-order valence-electron chi connectivity index (χ4n) is 1.47. The summed E-state index contributed by atoms with van der Waals surface area (Å²) in [6.45, 7) is 4.10. The van der Waals surface area contributed by atoms with Gasteiger partial charge in [-0.3, -0.25) is 0 Å². The summed E-state index contributed by atoms with van der Waals surface area (Å²) in [5.41, 5.74) is 0.507. The normalized spacial score (nSPS) is 17.7. The number of aromatic carboxylic acids is 1. The first-order chi connectivity index (χ1) is 7.09. The molecule has 0 bridgehead atoms. The molecule has 4 heteroatoms. The topological polar surface area (TPSA) is 49.3 Å². The van der Waals surface area contributed by atoms with Gasteiger partial charge in [0, 0.05) is 18.0 Å². The molecule has 1 aromatic rings. The Kier molecular flexibility index (Phi) is 2.80. The molecule has 15 heavy (non-hydrogen) atoms. The summed E-state index contributed by atoms with van der Waals surface area (Å²) in [6.07, 6.45) is 2.62. The van der Waals surface area contributed by atoms with E-state index in [0.29, 0.717) is 10.3 Å². The Morgan fingerprint density at radius 1 is 1.60 bits per heavy atom. The molecule has 0 spiro atoms. The lowest BCUT2D eigenvalue weighted by atomic mass is 10.1.